The Labute approximate surface area is 86.6 Å². The van der Waals surface area contributed by atoms with Crippen molar-refractivity contribution in [2.75, 3.05) is 25.1 Å². The average molecular weight is 223 g/mol. The van der Waals surface area contributed by atoms with Gasteiger partial charge in [-0.2, -0.15) is 0 Å². The Kier molecular flexibility index (Phi) is 5.63. The summed E-state index contributed by atoms with van der Waals surface area (Å²) >= 11 is 0. The Morgan fingerprint density at radius 1 is 1.43 bits per heavy atom. The van der Waals surface area contributed by atoms with Crippen LogP contribution in [0.1, 0.15) is 26.7 Å². The molecule has 0 amide bonds. The lowest BCUT2D eigenvalue weighted by molar-refractivity contribution is 0.0507. The van der Waals surface area contributed by atoms with Gasteiger partial charge in [0.05, 0.1) is 11.4 Å². The topological polar surface area (TPSA) is 66.4 Å². The Morgan fingerprint density at radius 2 is 2.00 bits per heavy atom. The maximum absolute atomic E-state index is 10.8. The minimum absolute atomic E-state index is 0.120. The molecule has 0 spiro atoms. The van der Waals surface area contributed by atoms with E-state index in [1.165, 1.54) is 6.26 Å². The summed E-state index contributed by atoms with van der Waals surface area (Å²) in [5.41, 5.74) is -0.730. The Balaban J connectivity index is 3.64. The highest BCUT2D eigenvalue weighted by atomic mass is 32.2. The van der Waals surface area contributed by atoms with Crippen LogP contribution in [0.4, 0.5) is 0 Å². The molecule has 0 aliphatic heterocycles. The molecule has 0 heterocycles. The molecule has 0 rings (SSSR count). The van der Waals surface area contributed by atoms with E-state index >= 15 is 0 Å². The van der Waals surface area contributed by atoms with Gasteiger partial charge in [0.2, 0.25) is 0 Å². The SMILES string of the molecule is CCCC(C)(O)CNCCS(C)(=O)=O. The lowest BCUT2D eigenvalue weighted by Gasteiger charge is -2.22. The van der Waals surface area contributed by atoms with E-state index in [1.807, 2.05) is 6.92 Å². The van der Waals surface area contributed by atoms with Gasteiger partial charge in [0.1, 0.15) is 9.84 Å². The fraction of sp³-hybridized carbons (Fsp3) is 1.00. The van der Waals surface area contributed by atoms with Crippen LogP contribution in [0, 0.1) is 0 Å². The molecule has 0 aliphatic carbocycles. The summed E-state index contributed by atoms with van der Waals surface area (Å²) in [4.78, 5) is 0. The molecule has 0 bridgehead atoms. The summed E-state index contributed by atoms with van der Waals surface area (Å²) in [6.45, 7) is 4.60. The number of rotatable bonds is 7. The summed E-state index contributed by atoms with van der Waals surface area (Å²) < 4.78 is 21.6. The summed E-state index contributed by atoms with van der Waals surface area (Å²) in [6, 6.07) is 0. The monoisotopic (exact) mass is 223 g/mol. The van der Waals surface area contributed by atoms with Crippen molar-refractivity contribution in [2.45, 2.75) is 32.3 Å². The number of aliphatic hydroxyl groups is 1. The number of hydrogen-bond donors (Lipinski definition) is 2. The molecule has 0 aromatic rings. The zero-order valence-corrected chi connectivity index (χ0v) is 10.0. The molecule has 14 heavy (non-hydrogen) atoms. The Morgan fingerprint density at radius 3 is 2.43 bits per heavy atom. The van der Waals surface area contributed by atoms with Crippen LogP contribution >= 0.6 is 0 Å². The summed E-state index contributed by atoms with van der Waals surface area (Å²) in [6.07, 6.45) is 2.85. The highest BCUT2D eigenvalue weighted by Gasteiger charge is 2.18. The van der Waals surface area contributed by atoms with Crippen LogP contribution in [0.2, 0.25) is 0 Å². The summed E-state index contributed by atoms with van der Waals surface area (Å²) in [5.74, 6) is 0.120. The second-order valence-electron chi connectivity index (χ2n) is 4.05. The van der Waals surface area contributed by atoms with Crippen molar-refractivity contribution in [3.05, 3.63) is 0 Å². The largest absolute Gasteiger partial charge is 0.389 e. The van der Waals surface area contributed by atoms with Gasteiger partial charge in [-0.25, -0.2) is 8.42 Å². The van der Waals surface area contributed by atoms with E-state index in [-0.39, 0.29) is 5.75 Å². The molecular weight excluding hydrogens is 202 g/mol. The molecule has 0 saturated carbocycles. The quantitative estimate of drug-likeness (QED) is 0.604. The van der Waals surface area contributed by atoms with Crippen LogP contribution in [0.5, 0.6) is 0 Å². The van der Waals surface area contributed by atoms with Crippen molar-refractivity contribution >= 4 is 9.84 Å². The van der Waals surface area contributed by atoms with Gasteiger partial charge in [0.25, 0.3) is 0 Å². The average Bonchev–Trinajstić information content (AvgIpc) is 1.96. The van der Waals surface area contributed by atoms with Crippen LogP contribution in [0.3, 0.4) is 0 Å². The second-order valence-corrected chi connectivity index (χ2v) is 6.31. The van der Waals surface area contributed by atoms with Crippen LogP contribution in [0.25, 0.3) is 0 Å². The molecule has 4 nitrogen and oxygen atoms in total. The second kappa shape index (κ2) is 5.68. The number of nitrogens with one attached hydrogen (secondary N) is 1. The van der Waals surface area contributed by atoms with E-state index in [9.17, 15) is 13.5 Å². The molecule has 1 unspecified atom stereocenters. The molecule has 0 radical (unpaired) electrons. The number of sulfone groups is 1. The van der Waals surface area contributed by atoms with Gasteiger partial charge in [-0.05, 0) is 13.3 Å². The first-order chi connectivity index (χ1) is 6.27. The molecule has 0 aromatic heterocycles. The van der Waals surface area contributed by atoms with Crippen molar-refractivity contribution in [3.8, 4) is 0 Å². The third-order valence-corrected chi connectivity index (χ3v) is 2.89. The van der Waals surface area contributed by atoms with Gasteiger partial charge in [0.15, 0.2) is 0 Å². The van der Waals surface area contributed by atoms with E-state index in [0.29, 0.717) is 13.1 Å². The van der Waals surface area contributed by atoms with E-state index < -0.39 is 15.4 Å². The highest BCUT2D eigenvalue weighted by Crippen LogP contribution is 2.09. The first-order valence-electron chi connectivity index (χ1n) is 4.88. The van der Waals surface area contributed by atoms with Gasteiger partial charge in [-0.3, -0.25) is 0 Å². The van der Waals surface area contributed by atoms with Crippen LogP contribution in [0.15, 0.2) is 0 Å². The first kappa shape index (κ1) is 13.9. The Bertz CT molecular complexity index is 247. The van der Waals surface area contributed by atoms with Crippen LogP contribution < -0.4 is 5.32 Å². The summed E-state index contributed by atoms with van der Waals surface area (Å²) in [7, 11) is -2.90. The molecule has 0 aromatic carbocycles. The van der Waals surface area contributed by atoms with Crippen molar-refractivity contribution in [2.24, 2.45) is 0 Å². The van der Waals surface area contributed by atoms with E-state index in [4.69, 9.17) is 0 Å². The van der Waals surface area contributed by atoms with Crippen LogP contribution in [-0.4, -0.2) is 44.2 Å². The fourth-order valence-corrected chi connectivity index (χ4v) is 1.76. The maximum Gasteiger partial charge on any atom is 0.148 e. The third-order valence-electron chi connectivity index (χ3n) is 1.94. The summed E-state index contributed by atoms with van der Waals surface area (Å²) in [5, 5.41) is 12.7. The van der Waals surface area contributed by atoms with Gasteiger partial charge >= 0.3 is 0 Å². The zero-order valence-electron chi connectivity index (χ0n) is 9.21. The van der Waals surface area contributed by atoms with E-state index in [1.54, 1.807) is 6.92 Å². The number of hydrogen-bond acceptors (Lipinski definition) is 4. The predicted molar refractivity (Wildman–Crippen MR) is 58.1 cm³/mol. The first-order valence-corrected chi connectivity index (χ1v) is 6.94. The van der Waals surface area contributed by atoms with E-state index in [0.717, 1.165) is 12.8 Å². The molecule has 0 aliphatic rings. The van der Waals surface area contributed by atoms with Crippen molar-refractivity contribution in [1.82, 2.24) is 5.32 Å². The van der Waals surface area contributed by atoms with E-state index in [2.05, 4.69) is 5.32 Å². The molecular formula is C9H21NO3S. The van der Waals surface area contributed by atoms with Crippen molar-refractivity contribution < 1.29 is 13.5 Å². The predicted octanol–water partition coefficient (Wildman–Crippen LogP) is 0.172. The smallest absolute Gasteiger partial charge is 0.148 e. The third kappa shape index (κ3) is 8.47. The maximum atomic E-state index is 10.8. The van der Waals surface area contributed by atoms with Gasteiger partial charge in [-0.1, -0.05) is 13.3 Å². The molecule has 86 valence electrons. The van der Waals surface area contributed by atoms with Gasteiger partial charge in [-0.15, -0.1) is 0 Å². The Hall–Kier alpha value is -0.130. The fourth-order valence-electron chi connectivity index (χ4n) is 1.24. The molecule has 5 heteroatoms. The van der Waals surface area contributed by atoms with Crippen LogP contribution in [-0.2, 0) is 9.84 Å². The van der Waals surface area contributed by atoms with Gasteiger partial charge < -0.3 is 10.4 Å². The molecule has 0 fully saturated rings. The van der Waals surface area contributed by atoms with Crippen molar-refractivity contribution in [1.29, 1.82) is 0 Å². The highest BCUT2D eigenvalue weighted by molar-refractivity contribution is 7.90. The standard InChI is InChI=1S/C9H21NO3S/c1-4-5-9(2,11)8-10-6-7-14(3,12)13/h10-11H,4-8H2,1-3H3. The van der Waals surface area contributed by atoms with Gasteiger partial charge in [0, 0.05) is 19.3 Å². The normalized spacial score (nSPS) is 16.6. The molecule has 2 N–H and O–H groups in total. The molecule has 0 saturated heterocycles. The minimum atomic E-state index is -2.90. The van der Waals surface area contributed by atoms with Crippen molar-refractivity contribution in [3.63, 3.8) is 0 Å². The lowest BCUT2D eigenvalue weighted by Crippen LogP contribution is -2.39. The minimum Gasteiger partial charge on any atom is -0.389 e. The zero-order chi connectivity index (χ0) is 11.2. The lowest BCUT2D eigenvalue weighted by atomic mass is 10.0. The molecule has 1 atom stereocenters.